The maximum Gasteiger partial charge on any atom is 0.796 e. The quantitative estimate of drug-likeness (QED) is 0.235. The minimum atomic E-state index is -3.02. The summed E-state index contributed by atoms with van der Waals surface area (Å²) in [6, 6.07) is 19.4. The normalized spacial score (nSPS) is 11.4. The molecule has 0 aromatic heterocycles. The fourth-order valence-electron chi connectivity index (χ4n) is 2.44. The molecule has 0 bridgehead atoms. The Kier molecular flexibility index (Phi) is 5.29. The van der Waals surface area contributed by atoms with Crippen LogP contribution < -0.4 is 0 Å². The molecule has 124 valence electrons. The zero-order chi connectivity index (χ0) is 17.8. The first-order valence-electron chi connectivity index (χ1n) is 7.48. The molecule has 0 aliphatic heterocycles. The van der Waals surface area contributed by atoms with Gasteiger partial charge in [0.2, 0.25) is 0 Å². The van der Waals surface area contributed by atoms with Gasteiger partial charge in [-0.2, -0.15) is 0 Å². The van der Waals surface area contributed by atoms with Crippen LogP contribution in [-0.4, -0.2) is 13.3 Å². The number of fused-ring (bicyclic) bond motifs is 1. The number of rotatable bonds is 5. The van der Waals surface area contributed by atoms with Crippen LogP contribution in [0.5, 0.6) is 0 Å². The maximum absolute atomic E-state index is 12.8. The largest absolute Gasteiger partial charge is 0.796 e. The highest BCUT2D eigenvalue weighted by Crippen LogP contribution is 2.24. The second-order valence-electron chi connectivity index (χ2n) is 5.32. The summed E-state index contributed by atoms with van der Waals surface area (Å²) >= 11 is 3.29. The van der Waals surface area contributed by atoms with Crippen LogP contribution in [0.15, 0.2) is 77.3 Å². The number of carbonyl (C=O) groups excluding carboxylic acids is 1. The number of benzene rings is 3. The summed E-state index contributed by atoms with van der Waals surface area (Å²) in [7, 11) is -3.02. The molecule has 0 unspecified atom stereocenters. The predicted octanol–water partition coefficient (Wildman–Crippen LogP) is 5.77. The molecule has 3 aromatic carbocycles. The van der Waals surface area contributed by atoms with E-state index >= 15 is 0 Å². The van der Waals surface area contributed by atoms with Crippen molar-refractivity contribution in [3.8, 4) is 0 Å². The zero-order valence-corrected chi connectivity index (χ0v) is 14.5. The Bertz CT molecular complexity index is 940. The first kappa shape index (κ1) is 17.4. The lowest BCUT2D eigenvalue weighted by atomic mass is 10.0. The number of halogens is 3. The Morgan fingerprint density at radius 1 is 0.920 bits per heavy atom. The summed E-state index contributed by atoms with van der Waals surface area (Å²) in [6.45, 7) is 0. The lowest BCUT2D eigenvalue weighted by molar-refractivity contribution is 0.104. The SMILES string of the molecule is O=C(/C=C(\OB(F)F)c1ccc2ccccc2c1)c1ccc(Br)cc1. The first-order chi connectivity index (χ1) is 12.0. The standard InChI is InChI=1S/C19H12BBrF2O2/c21-17-9-7-14(8-10-17)18(24)12-19(25-20(22)23)16-6-5-13-3-1-2-4-15(13)11-16/h1-12H/b19-12-. The van der Waals surface area contributed by atoms with Crippen LogP contribution in [0.2, 0.25) is 0 Å². The van der Waals surface area contributed by atoms with Gasteiger partial charge in [-0.05, 0) is 41.1 Å². The lowest BCUT2D eigenvalue weighted by Gasteiger charge is -2.10. The minimum absolute atomic E-state index is 0.159. The van der Waals surface area contributed by atoms with Crippen molar-refractivity contribution in [1.29, 1.82) is 0 Å². The molecule has 0 radical (unpaired) electrons. The highest BCUT2D eigenvalue weighted by atomic mass is 79.9. The van der Waals surface area contributed by atoms with Gasteiger partial charge in [-0.1, -0.05) is 52.3 Å². The lowest BCUT2D eigenvalue weighted by Crippen LogP contribution is -2.06. The third kappa shape index (κ3) is 4.34. The molecule has 2 nitrogen and oxygen atoms in total. The molecule has 0 aliphatic carbocycles. The summed E-state index contributed by atoms with van der Waals surface area (Å²) in [5, 5.41) is 1.85. The van der Waals surface area contributed by atoms with Crippen molar-refractivity contribution in [2.75, 3.05) is 0 Å². The summed E-state index contributed by atoms with van der Waals surface area (Å²) in [6.07, 6.45) is 1.10. The number of ketones is 1. The number of allylic oxidation sites excluding steroid dienone is 1. The molecule has 0 spiro atoms. The van der Waals surface area contributed by atoms with Gasteiger partial charge in [-0.15, -0.1) is 0 Å². The van der Waals surface area contributed by atoms with Gasteiger partial charge in [0, 0.05) is 21.7 Å². The maximum atomic E-state index is 12.8. The van der Waals surface area contributed by atoms with Crippen molar-refractivity contribution in [2.45, 2.75) is 0 Å². The average molecular weight is 401 g/mol. The van der Waals surface area contributed by atoms with Crippen LogP contribution in [0.1, 0.15) is 15.9 Å². The van der Waals surface area contributed by atoms with Gasteiger partial charge in [0.25, 0.3) is 0 Å². The van der Waals surface area contributed by atoms with Gasteiger partial charge >= 0.3 is 7.47 Å². The molecule has 0 atom stereocenters. The molecular formula is C19H12BBrF2O2. The van der Waals surface area contributed by atoms with Crippen molar-refractivity contribution in [3.63, 3.8) is 0 Å². The average Bonchev–Trinajstić information content (AvgIpc) is 2.61. The van der Waals surface area contributed by atoms with E-state index in [1.165, 1.54) is 0 Å². The molecule has 6 heteroatoms. The van der Waals surface area contributed by atoms with E-state index in [9.17, 15) is 13.4 Å². The Hall–Kier alpha value is -2.47. The molecule has 25 heavy (non-hydrogen) atoms. The Labute approximate surface area is 152 Å². The number of carbonyl (C=O) groups is 1. The van der Waals surface area contributed by atoms with E-state index in [2.05, 4.69) is 20.6 Å². The van der Waals surface area contributed by atoms with E-state index in [4.69, 9.17) is 0 Å². The monoisotopic (exact) mass is 400 g/mol. The smallest absolute Gasteiger partial charge is 0.505 e. The van der Waals surface area contributed by atoms with Gasteiger partial charge in [-0.3, -0.25) is 4.79 Å². The van der Waals surface area contributed by atoms with Crippen molar-refractivity contribution < 1.29 is 18.1 Å². The van der Waals surface area contributed by atoms with Gasteiger partial charge in [0.05, 0.1) is 0 Å². The van der Waals surface area contributed by atoms with Crippen molar-refractivity contribution >= 4 is 45.7 Å². The third-order valence-corrected chi connectivity index (χ3v) is 4.17. The van der Waals surface area contributed by atoms with E-state index in [0.29, 0.717) is 11.1 Å². The van der Waals surface area contributed by atoms with Crippen LogP contribution in [-0.2, 0) is 4.65 Å². The van der Waals surface area contributed by atoms with Crippen LogP contribution >= 0.6 is 15.9 Å². The van der Waals surface area contributed by atoms with Crippen LogP contribution in [0.25, 0.3) is 16.5 Å². The van der Waals surface area contributed by atoms with Crippen LogP contribution in [0.3, 0.4) is 0 Å². The van der Waals surface area contributed by atoms with Gasteiger partial charge in [-0.25, -0.2) is 8.63 Å². The van der Waals surface area contributed by atoms with Gasteiger partial charge < -0.3 is 4.65 Å². The van der Waals surface area contributed by atoms with Crippen LogP contribution in [0.4, 0.5) is 8.63 Å². The molecule has 0 saturated heterocycles. The van der Waals surface area contributed by atoms with E-state index in [-0.39, 0.29) is 5.76 Å². The second kappa shape index (κ2) is 7.61. The summed E-state index contributed by atoms with van der Waals surface area (Å²) in [4.78, 5) is 12.4. The van der Waals surface area contributed by atoms with E-state index in [1.807, 2.05) is 24.3 Å². The molecule has 0 amide bonds. The fourth-order valence-corrected chi connectivity index (χ4v) is 2.70. The Morgan fingerprint density at radius 3 is 2.24 bits per heavy atom. The number of hydrogen-bond acceptors (Lipinski definition) is 2. The zero-order valence-electron chi connectivity index (χ0n) is 13.0. The summed E-state index contributed by atoms with van der Waals surface area (Å²) < 4.78 is 31.0. The number of hydrogen-bond donors (Lipinski definition) is 0. The van der Waals surface area contributed by atoms with Crippen molar-refractivity contribution in [2.24, 2.45) is 0 Å². The van der Waals surface area contributed by atoms with Gasteiger partial charge in [0.1, 0.15) is 5.76 Å². The Morgan fingerprint density at radius 2 is 1.56 bits per heavy atom. The first-order valence-corrected chi connectivity index (χ1v) is 8.28. The summed E-state index contributed by atoms with van der Waals surface area (Å²) in [5.74, 6) is -0.565. The molecule has 3 rings (SSSR count). The molecule has 0 fully saturated rings. The third-order valence-electron chi connectivity index (χ3n) is 3.64. The molecule has 0 heterocycles. The molecule has 0 saturated carbocycles. The molecule has 0 aliphatic rings. The fraction of sp³-hybridized carbons (Fsp3) is 0. The predicted molar refractivity (Wildman–Crippen MR) is 99.5 cm³/mol. The molecule has 3 aromatic rings. The summed E-state index contributed by atoms with van der Waals surface area (Å²) in [5.41, 5.74) is 0.809. The van der Waals surface area contributed by atoms with Crippen molar-refractivity contribution in [3.05, 3.63) is 88.4 Å². The highest BCUT2D eigenvalue weighted by Gasteiger charge is 2.21. The molecular weight excluding hydrogens is 389 g/mol. The molecule has 0 N–H and O–H groups in total. The van der Waals surface area contributed by atoms with E-state index in [0.717, 1.165) is 21.3 Å². The Balaban J connectivity index is 2.00. The van der Waals surface area contributed by atoms with E-state index < -0.39 is 13.3 Å². The minimum Gasteiger partial charge on any atom is -0.505 e. The topological polar surface area (TPSA) is 26.3 Å². The second-order valence-corrected chi connectivity index (χ2v) is 6.24. The van der Waals surface area contributed by atoms with E-state index in [1.54, 1.807) is 42.5 Å². The van der Waals surface area contributed by atoms with Crippen molar-refractivity contribution in [1.82, 2.24) is 0 Å². The van der Waals surface area contributed by atoms with Crippen LogP contribution in [0, 0.1) is 0 Å². The van der Waals surface area contributed by atoms with Gasteiger partial charge in [0.15, 0.2) is 5.78 Å². The highest BCUT2D eigenvalue weighted by molar-refractivity contribution is 9.10.